The predicted octanol–water partition coefficient (Wildman–Crippen LogP) is 8.25. The maximum absolute atomic E-state index is 11.5. The van der Waals surface area contributed by atoms with Crippen LogP contribution < -0.4 is 0 Å². The van der Waals surface area contributed by atoms with E-state index in [0.29, 0.717) is 11.5 Å². The summed E-state index contributed by atoms with van der Waals surface area (Å²) in [6, 6.07) is 16.3. The maximum atomic E-state index is 11.5. The van der Waals surface area contributed by atoms with Crippen molar-refractivity contribution in [1.29, 1.82) is 0 Å². The summed E-state index contributed by atoms with van der Waals surface area (Å²) in [6.07, 6.45) is 0. The Bertz CT molecular complexity index is 1080. The van der Waals surface area contributed by atoms with Gasteiger partial charge in [0.15, 0.2) is 0 Å². The molecule has 0 aromatic heterocycles. The normalized spacial score (nSPS) is 12.4. The van der Waals surface area contributed by atoms with Crippen LogP contribution in [0.25, 0.3) is 0 Å². The van der Waals surface area contributed by atoms with Gasteiger partial charge in [-0.1, -0.05) is 111 Å². The van der Waals surface area contributed by atoms with E-state index in [-0.39, 0.29) is 16.7 Å². The molecule has 3 aromatic carbocycles. The lowest BCUT2D eigenvalue weighted by Gasteiger charge is -2.29. The highest BCUT2D eigenvalue weighted by Crippen LogP contribution is 2.48. The number of aromatic hydroxyl groups is 2. The Kier molecular flexibility index (Phi) is 6.55. The molecule has 0 radical (unpaired) electrons. The van der Waals surface area contributed by atoms with Gasteiger partial charge in [-0.05, 0) is 47.4 Å². The third kappa shape index (κ3) is 4.73. The highest BCUT2D eigenvalue weighted by atomic mass is 79.9. The lowest BCUT2D eigenvalue weighted by atomic mass is 9.76. The second kappa shape index (κ2) is 8.59. The number of halogens is 1. The monoisotopic (exact) mass is 494 g/mol. The minimum absolute atomic E-state index is 0.214. The summed E-state index contributed by atoms with van der Waals surface area (Å²) in [5.74, 6) is 0.261. The van der Waals surface area contributed by atoms with Crippen LogP contribution >= 0.6 is 15.9 Å². The van der Waals surface area contributed by atoms with Gasteiger partial charge in [0.2, 0.25) is 0 Å². The van der Waals surface area contributed by atoms with Crippen LogP contribution in [0.4, 0.5) is 0 Å². The first-order valence-corrected chi connectivity index (χ1v) is 11.9. The molecule has 0 atom stereocenters. The third-order valence-electron chi connectivity index (χ3n) is 6.02. The Balaban J connectivity index is 2.45. The molecule has 0 unspecified atom stereocenters. The first-order chi connectivity index (χ1) is 14.7. The smallest absolute Gasteiger partial charge is 0.123 e. The van der Waals surface area contributed by atoms with E-state index in [1.807, 2.05) is 30.3 Å². The standard InChI is InChI=1S/C29H35BrO2/c1-17-13-20(26(31)22(15-17)28(3,4)5)25(19-11-9-10-12-24(19)30)21-14-18(2)16-23(27(21)32)29(6,7)8/h9-16,25,31-32H,1-8H3. The molecule has 170 valence electrons. The minimum Gasteiger partial charge on any atom is -0.507 e. The highest BCUT2D eigenvalue weighted by Gasteiger charge is 2.31. The molecule has 0 bridgehead atoms. The van der Waals surface area contributed by atoms with Crippen LogP contribution in [0.2, 0.25) is 0 Å². The van der Waals surface area contributed by atoms with Gasteiger partial charge in [0.05, 0.1) is 0 Å². The largest absolute Gasteiger partial charge is 0.507 e. The molecule has 3 aromatic rings. The SMILES string of the molecule is Cc1cc(C(c2ccccc2Br)c2cc(C)cc(C(C)(C)C)c2O)c(O)c(C(C)(C)C)c1. The third-order valence-corrected chi connectivity index (χ3v) is 6.74. The Labute approximate surface area is 201 Å². The van der Waals surface area contributed by atoms with Crippen molar-refractivity contribution in [3.05, 3.63) is 91.9 Å². The molecule has 0 amide bonds. The van der Waals surface area contributed by atoms with Gasteiger partial charge in [-0.2, -0.15) is 0 Å². The molecule has 0 aliphatic rings. The van der Waals surface area contributed by atoms with Crippen LogP contribution in [0.15, 0.2) is 53.0 Å². The second-order valence-electron chi connectivity index (χ2n) is 11.0. The molecule has 2 nitrogen and oxygen atoms in total. The molecule has 0 saturated carbocycles. The van der Waals surface area contributed by atoms with Crippen molar-refractivity contribution in [2.45, 2.75) is 72.1 Å². The molecular weight excluding hydrogens is 460 g/mol. The van der Waals surface area contributed by atoms with Gasteiger partial charge < -0.3 is 10.2 Å². The molecule has 0 aliphatic carbocycles. The van der Waals surface area contributed by atoms with Crippen molar-refractivity contribution in [2.75, 3.05) is 0 Å². The molecule has 3 rings (SSSR count). The van der Waals surface area contributed by atoms with E-state index in [2.05, 4.69) is 89.5 Å². The Morgan fingerprint density at radius 3 is 1.44 bits per heavy atom. The Morgan fingerprint density at radius 2 is 1.06 bits per heavy atom. The first kappa shape index (κ1) is 24.4. The van der Waals surface area contributed by atoms with Crippen LogP contribution in [0, 0.1) is 13.8 Å². The van der Waals surface area contributed by atoms with Crippen molar-refractivity contribution in [3.8, 4) is 11.5 Å². The molecule has 2 N–H and O–H groups in total. The average molecular weight is 496 g/mol. The summed E-state index contributed by atoms with van der Waals surface area (Å²) in [5, 5.41) is 23.1. The quantitative estimate of drug-likeness (QED) is 0.359. The lowest BCUT2D eigenvalue weighted by molar-refractivity contribution is 0.431. The number of aryl methyl sites for hydroxylation is 2. The topological polar surface area (TPSA) is 40.5 Å². The van der Waals surface area contributed by atoms with E-state index in [9.17, 15) is 10.2 Å². The van der Waals surface area contributed by atoms with Gasteiger partial charge in [-0.3, -0.25) is 0 Å². The van der Waals surface area contributed by atoms with Crippen LogP contribution in [-0.4, -0.2) is 10.2 Å². The number of rotatable bonds is 3. The zero-order chi connectivity index (χ0) is 24.0. The fourth-order valence-corrected chi connectivity index (χ4v) is 4.92. The van der Waals surface area contributed by atoms with E-state index in [0.717, 1.165) is 43.4 Å². The molecule has 0 fully saturated rings. The summed E-state index contributed by atoms with van der Waals surface area (Å²) in [4.78, 5) is 0. The molecular formula is C29H35BrO2. The lowest BCUT2D eigenvalue weighted by Crippen LogP contribution is -2.16. The summed E-state index contributed by atoms with van der Waals surface area (Å²) in [7, 11) is 0. The molecule has 32 heavy (non-hydrogen) atoms. The molecule has 0 aliphatic heterocycles. The van der Waals surface area contributed by atoms with Gasteiger partial charge in [-0.15, -0.1) is 0 Å². The van der Waals surface area contributed by atoms with Gasteiger partial charge >= 0.3 is 0 Å². The van der Waals surface area contributed by atoms with Crippen LogP contribution in [-0.2, 0) is 10.8 Å². The Morgan fingerprint density at radius 1 is 0.656 bits per heavy atom. The highest BCUT2D eigenvalue weighted by molar-refractivity contribution is 9.10. The van der Waals surface area contributed by atoms with Crippen molar-refractivity contribution >= 4 is 15.9 Å². The summed E-state index contributed by atoms with van der Waals surface area (Å²) in [5.41, 5.74) is 6.19. The Hall–Kier alpha value is -2.26. The molecule has 3 heteroatoms. The number of benzene rings is 3. The fraction of sp³-hybridized carbons (Fsp3) is 0.379. The van der Waals surface area contributed by atoms with Crippen LogP contribution in [0.1, 0.15) is 86.4 Å². The van der Waals surface area contributed by atoms with E-state index in [1.54, 1.807) is 0 Å². The van der Waals surface area contributed by atoms with E-state index in [4.69, 9.17) is 0 Å². The molecule has 0 heterocycles. The van der Waals surface area contributed by atoms with Gasteiger partial charge in [0, 0.05) is 21.5 Å². The second-order valence-corrected chi connectivity index (χ2v) is 11.8. The van der Waals surface area contributed by atoms with E-state index < -0.39 is 0 Å². The average Bonchev–Trinajstić information content (AvgIpc) is 2.66. The molecule has 0 spiro atoms. The maximum Gasteiger partial charge on any atom is 0.123 e. The zero-order valence-corrected chi connectivity index (χ0v) is 22.1. The van der Waals surface area contributed by atoms with Crippen LogP contribution in [0.3, 0.4) is 0 Å². The van der Waals surface area contributed by atoms with Gasteiger partial charge in [0.25, 0.3) is 0 Å². The minimum atomic E-state index is -0.326. The van der Waals surface area contributed by atoms with Crippen molar-refractivity contribution in [2.24, 2.45) is 0 Å². The number of hydrogen-bond acceptors (Lipinski definition) is 2. The van der Waals surface area contributed by atoms with Gasteiger partial charge in [-0.25, -0.2) is 0 Å². The van der Waals surface area contributed by atoms with Gasteiger partial charge in [0.1, 0.15) is 11.5 Å². The number of phenolic OH excluding ortho intramolecular Hbond substituents is 2. The number of hydrogen-bond donors (Lipinski definition) is 2. The first-order valence-electron chi connectivity index (χ1n) is 11.1. The molecule has 0 saturated heterocycles. The van der Waals surface area contributed by atoms with E-state index in [1.165, 1.54) is 0 Å². The predicted molar refractivity (Wildman–Crippen MR) is 138 cm³/mol. The summed E-state index contributed by atoms with van der Waals surface area (Å²) in [6.45, 7) is 16.8. The number of phenols is 2. The van der Waals surface area contributed by atoms with Crippen LogP contribution in [0.5, 0.6) is 11.5 Å². The summed E-state index contributed by atoms with van der Waals surface area (Å²) < 4.78 is 0.946. The van der Waals surface area contributed by atoms with Crippen molar-refractivity contribution in [1.82, 2.24) is 0 Å². The fourth-order valence-electron chi connectivity index (χ4n) is 4.41. The zero-order valence-electron chi connectivity index (χ0n) is 20.5. The van der Waals surface area contributed by atoms with E-state index >= 15 is 0 Å². The van der Waals surface area contributed by atoms with Crippen molar-refractivity contribution < 1.29 is 10.2 Å². The summed E-state index contributed by atoms with van der Waals surface area (Å²) >= 11 is 3.73. The van der Waals surface area contributed by atoms with Crippen molar-refractivity contribution in [3.63, 3.8) is 0 Å².